The fourth-order valence-electron chi connectivity index (χ4n) is 2.13. The van der Waals surface area contributed by atoms with Crippen molar-refractivity contribution in [2.24, 2.45) is 0 Å². The molecule has 0 saturated heterocycles. The molecule has 1 heterocycles. The molecule has 0 atom stereocenters. The van der Waals surface area contributed by atoms with Crippen molar-refractivity contribution in [1.82, 2.24) is 4.98 Å². The van der Waals surface area contributed by atoms with Crippen LogP contribution in [0.5, 0.6) is 11.5 Å². The number of aromatic nitrogens is 1. The second-order valence-corrected chi connectivity index (χ2v) is 6.31. The molecule has 1 N–H and O–H groups in total. The molecule has 23 heavy (non-hydrogen) atoms. The Labute approximate surface area is 132 Å². The van der Waals surface area contributed by atoms with E-state index in [1.807, 2.05) is 0 Å². The van der Waals surface area contributed by atoms with E-state index in [0.717, 1.165) is 0 Å². The Morgan fingerprint density at radius 1 is 1.09 bits per heavy atom. The molecule has 0 bridgehead atoms. The minimum Gasteiger partial charge on any atom is -0.497 e. The highest BCUT2D eigenvalue weighted by Gasteiger charge is 2.21. The molecule has 0 aliphatic carbocycles. The molecule has 3 rings (SSSR count). The van der Waals surface area contributed by atoms with Crippen LogP contribution in [0.3, 0.4) is 0 Å². The van der Waals surface area contributed by atoms with Gasteiger partial charge in [0.15, 0.2) is 12.0 Å². The average molecular weight is 334 g/mol. The van der Waals surface area contributed by atoms with Crippen LogP contribution >= 0.6 is 0 Å². The van der Waals surface area contributed by atoms with Gasteiger partial charge in [-0.15, -0.1) is 0 Å². The molecule has 0 fully saturated rings. The molecule has 7 nitrogen and oxygen atoms in total. The van der Waals surface area contributed by atoms with Crippen LogP contribution in [0.15, 0.2) is 52.1 Å². The van der Waals surface area contributed by atoms with E-state index in [9.17, 15) is 8.42 Å². The summed E-state index contributed by atoms with van der Waals surface area (Å²) in [7, 11) is -0.986. The maximum atomic E-state index is 12.6. The molecule has 0 amide bonds. The lowest BCUT2D eigenvalue weighted by molar-refractivity contribution is 0.392. The van der Waals surface area contributed by atoms with E-state index in [-0.39, 0.29) is 10.6 Å². The van der Waals surface area contributed by atoms with Gasteiger partial charge in [-0.05, 0) is 30.3 Å². The number of rotatable bonds is 5. The predicted molar refractivity (Wildman–Crippen MR) is 84.4 cm³/mol. The third kappa shape index (κ3) is 2.93. The fraction of sp³-hybridized carbons (Fsp3) is 0.133. The second kappa shape index (κ2) is 5.81. The molecule has 2 aromatic carbocycles. The number of ether oxygens (including phenoxy) is 2. The number of nitrogens with one attached hydrogen (secondary N) is 1. The number of hydrogen-bond acceptors (Lipinski definition) is 6. The summed E-state index contributed by atoms with van der Waals surface area (Å²) < 4.78 is 43.1. The topological polar surface area (TPSA) is 90.7 Å². The van der Waals surface area contributed by atoms with Gasteiger partial charge in [0, 0.05) is 6.07 Å². The van der Waals surface area contributed by atoms with Gasteiger partial charge in [-0.3, -0.25) is 4.72 Å². The second-order valence-electron chi connectivity index (χ2n) is 4.66. The lowest BCUT2D eigenvalue weighted by Crippen LogP contribution is -2.14. The summed E-state index contributed by atoms with van der Waals surface area (Å²) in [5.41, 5.74) is 1.51. The largest absolute Gasteiger partial charge is 0.497 e. The van der Waals surface area contributed by atoms with Gasteiger partial charge in [-0.25, -0.2) is 13.4 Å². The van der Waals surface area contributed by atoms with Crippen molar-refractivity contribution in [3.63, 3.8) is 0 Å². The molecule has 120 valence electrons. The van der Waals surface area contributed by atoms with E-state index in [1.54, 1.807) is 24.3 Å². The van der Waals surface area contributed by atoms with E-state index in [2.05, 4.69) is 9.71 Å². The van der Waals surface area contributed by atoms with Gasteiger partial charge in [0.05, 0.1) is 19.9 Å². The van der Waals surface area contributed by atoms with E-state index in [0.29, 0.717) is 22.5 Å². The molecule has 0 unspecified atom stereocenters. The Kier molecular flexibility index (Phi) is 3.83. The molecule has 8 heteroatoms. The van der Waals surface area contributed by atoms with Gasteiger partial charge in [-0.2, -0.15) is 0 Å². The molecule has 0 aliphatic heterocycles. The summed E-state index contributed by atoms with van der Waals surface area (Å²) in [5.74, 6) is 0.638. The number of hydrogen-bond donors (Lipinski definition) is 1. The van der Waals surface area contributed by atoms with Crippen molar-refractivity contribution < 1.29 is 22.3 Å². The van der Waals surface area contributed by atoms with Gasteiger partial charge in [0.2, 0.25) is 0 Å². The monoisotopic (exact) mass is 334 g/mol. The lowest BCUT2D eigenvalue weighted by atomic mass is 10.3. The molecule has 1 aromatic heterocycles. The summed E-state index contributed by atoms with van der Waals surface area (Å²) in [5, 5.41) is 0. The zero-order chi connectivity index (χ0) is 16.4. The van der Waals surface area contributed by atoms with Crippen molar-refractivity contribution in [2.75, 3.05) is 18.9 Å². The van der Waals surface area contributed by atoms with Crippen LogP contribution in [0.25, 0.3) is 11.1 Å². The van der Waals surface area contributed by atoms with E-state index < -0.39 is 10.0 Å². The Morgan fingerprint density at radius 2 is 1.91 bits per heavy atom. The van der Waals surface area contributed by atoms with Crippen molar-refractivity contribution in [1.29, 1.82) is 0 Å². The minimum atomic E-state index is -3.85. The first-order valence-electron chi connectivity index (χ1n) is 6.61. The maximum Gasteiger partial charge on any atom is 0.265 e. The Bertz CT molecular complexity index is 949. The van der Waals surface area contributed by atoms with Crippen molar-refractivity contribution in [2.45, 2.75) is 4.90 Å². The molecular weight excluding hydrogens is 320 g/mol. The first kappa shape index (κ1) is 15.2. The highest BCUT2D eigenvalue weighted by atomic mass is 32.2. The van der Waals surface area contributed by atoms with Crippen LogP contribution < -0.4 is 14.2 Å². The zero-order valence-corrected chi connectivity index (χ0v) is 13.3. The molecule has 3 aromatic rings. The van der Waals surface area contributed by atoms with Crippen LogP contribution in [0.1, 0.15) is 0 Å². The number of benzene rings is 2. The first-order valence-corrected chi connectivity index (χ1v) is 8.10. The first-order chi connectivity index (χ1) is 11.0. The zero-order valence-electron chi connectivity index (χ0n) is 12.4. The van der Waals surface area contributed by atoms with Crippen molar-refractivity contribution >= 4 is 26.8 Å². The minimum absolute atomic E-state index is 0.0143. The normalized spacial score (nSPS) is 11.4. The summed E-state index contributed by atoms with van der Waals surface area (Å²) >= 11 is 0. The van der Waals surface area contributed by atoms with Crippen LogP contribution in [-0.4, -0.2) is 27.6 Å². The highest BCUT2D eigenvalue weighted by molar-refractivity contribution is 7.92. The Hall–Kier alpha value is -2.74. The maximum absolute atomic E-state index is 12.6. The van der Waals surface area contributed by atoms with Gasteiger partial charge < -0.3 is 13.9 Å². The molecule has 0 radical (unpaired) electrons. The number of sulfonamides is 1. The average Bonchev–Trinajstić information content (AvgIpc) is 3.01. The van der Waals surface area contributed by atoms with Crippen LogP contribution in [-0.2, 0) is 10.0 Å². The number of methoxy groups -OCH3 is 2. The molecule has 0 spiro atoms. The number of anilines is 1. The van der Waals surface area contributed by atoms with E-state index in [1.165, 1.54) is 32.7 Å². The van der Waals surface area contributed by atoms with Crippen LogP contribution in [0.2, 0.25) is 0 Å². The third-order valence-corrected chi connectivity index (χ3v) is 4.65. The SMILES string of the molecule is COc1ccc(OC)c(S(=O)(=O)Nc2ccc3ocnc3c2)c1. The Balaban J connectivity index is 2.00. The van der Waals surface area contributed by atoms with Gasteiger partial charge in [0.1, 0.15) is 21.9 Å². The van der Waals surface area contributed by atoms with Crippen LogP contribution in [0, 0.1) is 0 Å². The quantitative estimate of drug-likeness (QED) is 0.771. The van der Waals surface area contributed by atoms with Gasteiger partial charge in [0.25, 0.3) is 10.0 Å². The standard InChI is InChI=1S/C15H14N2O5S/c1-20-11-4-6-14(21-2)15(8-11)23(18,19)17-10-3-5-13-12(7-10)16-9-22-13/h3-9,17H,1-2H3. The summed E-state index contributed by atoms with van der Waals surface area (Å²) in [6.45, 7) is 0. The summed E-state index contributed by atoms with van der Waals surface area (Å²) in [6.07, 6.45) is 1.30. The summed E-state index contributed by atoms with van der Waals surface area (Å²) in [4.78, 5) is 3.98. The lowest BCUT2D eigenvalue weighted by Gasteiger charge is -2.12. The predicted octanol–water partition coefficient (Wildman–Crippen LogP) is 2.65. The van der Waals surface area contributed by atoms with Crippen LogP contribution in [0.4, 0.5) is 5.69 Å². The highest BCUT2D eigenvalue weighted by Crippen LogP contribution is 2.30. The number of nitrogens with zero attached hydrogens (tertiary/aromatic N) is 1. The van der Waals surface area contributed by atoms with Crippen molar-refractivity contribution in [3.8, 4) is 11.5 Å². The number of fused-ring (bicyclic) bond motifs is 1. The van der Waals surface area contributed by atoms with Gasteiger partial charge in [-0.1, -0.05) is 0 Å². The fourth-order valence-corrected chi connectivity index (χ4v) is 3.36. The van der Waals surface area contributed by atoms with E-state index >= 15 is 0 Å². The molecule has 0 aliphatic rings. The third-order valence-electron chi connectivity index (χ3n) is 3.24. The smallest absolute Gasteiger partial charge is 0.265 e. The summed E-state index contributed by atoms with van der Waals surface area (Å²) in [6, 6.07) is 9.38. The Morgan fingerprint density at radius 3 is 2.65 bits per heavy atom. The van der Waals surface area contributed by atoms with Gasteiger partial charge >= 0.3 is 0 Å². The van der Waals surface area contributed by atoms with Crippen molar-refractivity contribution in [3.05, 3.63) is 42.8 Å². The van der Waals surface area contributed by atoms with E-state index in [4.69, 9.17) is 13.9 Å². The molecule has 0 saturated carbocycles. The number of oxazole rings is 1. The molecular formula is C15H14N2O5S.